The van der Waals surface area contributed by atoms with Crippen LogP contribution in [0.1, 0.15) is 57.5 Å². The number of rotatable bonds is 4. The lowest BCUT2D eigenvalue weighted by Gasteiger charge is -2.31. The largest absolute Gasteiger partial charge is 0.320 e. The van der Waals surface area contributed by atoms with Crippen LogP contribution in [0.15, 0.2) is 72.1 Å². The van der Waals surface area contributed by atoms with E-state index in [0.717, 1.165) is 46.5 Å². The SMILES string of the molecule is N[C@@H](CCC(=O)N1C[C@H]2C[C@@]23C1=CC(=O)c1ccccc13)C(=O)N1C[C@H]2C[C@@]23C1=CC(=O)c1ccccc13. The Labute approximate surface area is 220 Å². The van der Waals surface area contributed by atoms with Gasteiger partial charge in [0.2, 0.25) is 11.8 Å². The number of likely N-dealkylation sites (tertiary alicyclic amines) is 2. The van der Waals surface area contributed by atoms with Crippen LogP contribution in [0.3, 0.4) is 0 Å². The van der Waals surface area contributed by atoms with Crippen molar-refractivity contribution in [1.29, 1.82) is 0 Å². The van der Waals surface area contributed by atoms with Crippen LogP contribution in [0.2, 0.25) is 0 Å². The van der Waals surface area contributed by atoms with Gasteiger partial charge in [-0.25, -0.2) is 0 Å². The highest BCUT2D eigenvalue weighted by Crippen LogP contribution is 2.67. The van der Waals surface area contributed by atoms with Gasteiger partial charge in [-0.15, -0.1) is 0 Å². The van der Waals surface area contributed by atoms with E-state index in [-0.39, 0.29) is 47.1 Å². The van der Waals surface area contributed by atoms with Gasteiger partial charge in [-0.05, 0) is 42.2 Å². The summed E-state index contributed by atoms with van der Waals surface area (Å²) in [4.78, 5) is 55.8. The highest BCUT2D eigenvalue weighted by molar-refractivity contribution is 6.10. The smallest absolute Gasteiger partial charge is 0.243 e. The Bertz CT molecular complexity index is 1570. The molecule has 2 aromatic rings. The van der Waals surface area contributed by atoms with Crippen LogP contribution in [-0.4, -0.2) is 52.3 Å². The minimum absolute atomic E-state index is 0.0585. The number of carbonyl (C=O) groups excluding carboxylic acids is 4. The van der Waals surface area contributed by atoms with Gasteiger partial charge in [-0.3, -0.25) is 19.2 Å². The van der Waals surface area contributed by atoms with Gasteiger partial charge in [0.05, 0.1) is 6.04 Å². The minimum Gasteiger partial charge on any atom is -0.320 e. The average molecular weight is 506 g/mol. The maximum absolute atomic E-state index is 13.4. The quantitative estimate of drug-likeness (QED) is 0.689. The van der Waals surface area contributed by atoms with E-state index in [4.69, 9.17) is 5.73 Å². The van der Waals surface area contributed by atoms with E-state index in [1.54, 1.807) is 22.0 Å². The maximum Gasteiger partial charge on any atom is 0.243 e. The molecule has 2 aliphatic heterocycles. The van der Waals surface area contributed by atoms with Crippen LogP contribution in [-0.2, 0) is 20.4 Å². The number of carbonyl (C=O) groups is 4. The predicted octanol–water partition coefficient (Wildman–Crippen LogP) is 2.85. The molecule has 2 aromatic carbocycles. The Balaban J connectivity index is 0.977. The summed E-state index contributed by atoms with van der Waals surface area (Å²) in [6.07, 6.45) is 5.50. The summed E-state index contributed by atoms with van der Waals surface area (Å²) in [6.45, 7) is 1.15. The van der Waals surface area contributed by atoms with Gasteiger partial charge in [0, 0.05) is 65.0 Å². The van der Waals surface area contributed by atoms with Crippen LogP contribution < -0.4 is 5.73 Å². The number of nitrogens with zero attached hydrogens (tertiary/aromatic N) is 2. The summed E-state index contributed by atoms with van der Waals surface area (Å²) in [5.74, 6) is 0.162. The van der Waals surface area contributed by atoms with Gasteiger partial charge in [0.1, 0.15) is 0 Å². The van der Waals surface area contributed by atoms with Crippen molar-refractivity contribution >= 4 is 23.4 Å². The Morgan fingerprint density at radius 1 is 0.816 bits per heavy atom. The molecule has 2 amide bonds. The Kier molecular flexibility index (Phi) is 4.18. The van der Waals surface area contributed by atoms with Crippen molar-refractivity contribution in [3.05, 3.63) is 94.3 Å². The molecule has 4 fully saturated rings. The van der Waals surface area contributed by atoms with Gasteiger partial charge >= 0.3 is 0 Å². The fraction of sp³-hybridized carbons (Fsp3) is 0.355. The molecule has 7 heteroatoms. The second kappa shape index (κ2) is 7.17. The third kappa shape index (κ3) is 2.62. The first kappa shape index (κ1) is 22.2. The summed E-state index contributed by atoms with van der Waals surface area (Å²) in [5.41, 5.74) is 11.0. The minimum atomic E-state index is -0.838. The highest BCUT2D eigenvalue weighted by Gasteiger charge is 2.68. The molecule has 0 radical (unpaired) electrons. The van der Waals surface area contributed by atoms with Crippen LogP contribution in [0.5, 0.6) is 0 Å². The van der Waals surface area contributed by atoms with Gasteiger partial charge in [-0.1, -0.05) is 48.5 Å². The first-order valence-corrected chi connectivity index (χ1v) is 13.5. The van der Waals surface area contributed by atoms with Crippen LogP contribution in [0.25, 0.3) is 0 Å². The molecule has 8 rings (SSSR count). The van der Waals surface area contributed by atoms with Crippen molar-refractivity contribution < 1.29 is 19.2 Å². The number of hydrogen-bond donors (Lipinski definition) is 1. The summed E-state index contributed by atoms with van der Waals surface area (Å²) in [6, 6.07) is 14.6. The van der Waals surface area contributed by atoms with Crippen molar-refractivity contribution in [2.24, 2.45) is 17.6 Å². The van der Waals surface area contributed by atoms with E-state index in [2.05, 4.69) is 0 Å². The Morgan fingerprint density at radius 3 is 1.89 bits per heavy atom. The predicted molar refractivity (Wildman–Crippen MR) is 138 cm³/mol. The molecule has 2 saturated carbocycles. The number of amides is 2. The summed E-state index contributed by atoms with van der Waals surface area (Å²) in [7, 11) is 0. The zero-order valence-electron chi connectivity index (χ0n) is 20.9. The Morgan fingerprint density at radius 2 is 1.32 bits per heavy atom. The maximum atomic E-state index is 13.4. The third-order valence-electron chi connectivity index (χ3n) is 9.95. The second-order valence-electron chi connectivity index (χ2n) is 11.7. The molecule has 2 saturated heterocycles. The number of hydrogen-bond acceptors (Lipinski definition) is 5. The van der Waals surface area contributed by atoms with Crippen LogP contribution >= 0.6 is 0 Å². The summed E-state index contributed by atoms with van der Waals surface area (Å²) >= 11 is 0. The molecule has 38 heavy (non-hydrogen) atoms. The standard InChI is InChI=1S/C31H27N3O4/c32-23(29(38)34-16-18-14-31(18)22-8-4-2-6-20(22)25(36)12-27(31)34)9-10-28(37)33-15-17-13-30(17)21-7-3-1-5-19(21)24(35)11-26(30)33/h1-8,11-12,17-18,23H,9-10,13-16,32H2/t17-,18-,23+,30-,31-/m1/s1. The van der Waals surface area contributed by atoms with E-state index >= 15 is 0 Å². The van der Waals surface area contributed by atoms with Crippen molar-refractivity contribution in [2.75, 3.05) is 13.1 Å². The molecule has 4 aliphatic carbocycles. The fourth-order valence-corrected chi connectivity index (χ4v) is 7.96. The molecule has 0 unspecified atom stereocenters. The average Bonchev–Trinajstić information content (AvgIpc) is 3.78. The normalized spacial score (nSPS) is 31.7. The summed E-state index contributed by atoms with van der Waals surface area (Å²) in [5, 5.41) is 0. The number of benzene rings is 2. The van der Waals surface area contributed by atoms with Crippen molar-refractivity contribution in [3.8, 4) is 0 Å². The molecule has 2 N–H and O–H groups in total. The lowest BCUT2D eigenvalue weighted by atomic mass is 9.81. The third-order valence-corrected chi connectivity index (χ3v) is 9.95. The molecule has 0 bridgehead atoms. The molecule has 7 nitrogen and oxygen atoms in total. The zero-order chi connectivity index (χ0) is 26.0. The lowest BCUT2D eigenvalue weighted by molar-refractivity contribution is -0.131. The molecule has 2 heterocycles. The molecular formula is C31H27N3O4. The molecular weight excluding hydrogens is 478 g/mol. The second-order valence-corrected chi connectivity index (χ2v) is 11.7. The summed E-state index contributed by atoms with van der Waals surface area (Å²) < 4.78 is 0. The van der Waals surface area contributed by atoms with Crippen LogP contribution in [0, 0.1) is 11.8 Å². The van der Waals surface area contributed by atoms with E-state index in [1.807, 2.05) is 48.5 Å². The number of nitrogens with two attached hydrogens (primary N) is 1. The van der Waals surface area contributed by atoms with E-state index in [9.17, 15) is 19.2 Å². The van der Waals surface area contributed by atoms with Gasteiger partial charge in [-0.2, -0.15) is 0 Å². The highest BCUT2D eigenvalue weighted by atomic mass is 16.2. The lowest BCUT2D eigenvalue weighted by Crippen LogP contribution is -2.44. The van der Waals surface area contributed by atoms with Gasteiger partial charge in [0.15, 0.2) is 11.6 Å². The fourth-order valence-electron chi connectivity index (χ4n) is 7.96. The zero-order valence-corrected chi connectivity index (χ0v) is 20.9. The van der Waals surface area contributed by atoms with Gasteiger partial charge in [0.25, 0.3) is 0 Å². The Hall–Kier alpha value is -3.84. The first-order chi connectivity index (χ1) is 18.4. The molecule has 0 aromatic heterocycles. The van der Waals surface area contributed by atoms with E-state index in [0.29, 0.717) is 24.9 Å². The van der Waals surface area contributed by atoms with Crippen molar-refractivity contribution in [1.82, 2.24) is 9.80 Å². The first-order valence-electron chi connectivity index (χ1n) is 13.5. The number of ketones is 2. The van der Waals surface area contributed by atoms with Crippen molar-refractivity contribution in [3.63, 3.8) is 0 Å². The number of fused-ring (bicyclic) bond motifs is 2. The molecule has 190 valence electrons. The van der Waals surface area contributed by atoms with E-state index in [1.165, 1.54) is 0 Å². The topological polar surface area (TPSA) is 101 Å². The molecule has 5 atom stereocenters. The number of piperidine rings is 2. The monoisotopic (exact) mass is 505 g/mol. The van der Waals surface area contributed by atoms with Gasteiger partial charge < -0.3 is 15.5 Å². The number of allylic oxidation sites excluding steroid dienone is 4. The molecule has 2 spiro atoms. The van der Waals surface area contributed by atoms with Crippen LogP contribution in [0.4, 0.5) is 0 Å². The molecule has 6 aliphatic rings. The van der Waals surface area contributed by atoms with Crippen molar-refractivity contribution in [2.45, 2.75) is 42.6 Å². The van der Waals surface area contributed by atoms with E-state index < -0.39 is 6.04 Å².